The number of aromatic nitrogens is 1. The molecule has 0 saturated carbocycles. The van der Waals surface area contributed by atoms with Gasteiger partial charge in [0, 0.05) is 18.0 Å². The fourth-order valence-electron chi connectivity index (χ4n) is 1.56. The second-order valence-electron chi connectivity index (χ2n) is 3.62. The summed E-state index contributed by atoms with van der Waals surface area (Å²) in [7, 11) is 1.38. The Morgan fingerprint density at radius 1 is 1.28 bits per heavy atom. The highest BCUT2D eigenvalue weighted by molar-refractivity contribution is 5.88. The van der Waals surface area contributed by atoms with Gasteiger partial charge in [0.2, 0.25) is 0 Å². The van der Waals surface area contributed by atoms with Gasteiger partial charge in [-0.3, -0.25) is 4.98 Å². The number of pyridine rings is 1. The predicted octanol–water partition coefficient (Wildman–Crippen LogP) is 2.59. The molecule has 0 aliphatic rings. The fraction of sp³-hybridized carbons (Fsp3) is 0.0769. The van der Waals surface area contributed by atoms with E-state index in [9.17, 15) is 9.18 Å². The van der Waals surface area contributed by atoms with E-state index in [1.54, 1.807) is 6.07 Å². The molecule has 2 aromatic rings. The van der Waals surface area contributed by atoms with E-state index in [-0.39, 0.29) is 11.3 Å². The van der Waals surface area contributed by atoms with E-state index in [1.165, 1.54) is 37.7 Å². The summed E-state index contributed by atoms with van der Waals surface area (Å²) in [6, 6.07) is 5.85. The smallest absolute Gasteiger partial charge is 0.337 e. The Balaban J connectivity index is 2.45. The third-order valence-electron chi connectivity index (χ3n) is 2.47. The highest BCUT2D eigenvalue weighted by Crippen LogP contribution is 2.25. The van der Waals surface area contributed by atoms with Crippen LogP contribution in [-0.2, 0) is 0 Å². The molecule has 92 valence electrons. The number of carboxylic acid groups (broad SMARTS) is 1. The number of carboxylic acids is 1. The lowest BCUT2D eigenvalue weighted by Gasteiger charge is -2.05. The third kappa shape index (κ3) is 2.29. The standard InChI is InChI=1S/C13H10FNO3/c1-18-12-3-2-8(5-11(12)14)9-4-10(13(16)17)7-15-6-9/h2-7H,1H3,(H,16,17). The first-order valence-electron chi connectivity index (χ1n) is 5.14. The lowest BCUT2D eigenvalue weighted by molar-refractivity contribution is 0.0696. The number of halogens is 1. The molecule has 0 saturated heterocycles. The van der Waals surface area contributed by atoms with Crippen LogP contribution in [0.2, 0.25) is 0 Å². The number of nitrogens with zero attached hydrogens (tertiary/aromatic N) is 1. The van der Waals surface area contributed by atoms with Crippen molar-refractivity contribution < 1.29 is 19.0 Å². The van der Waals surface area contributed by atoms with Crippen LogP contribution in [0.5, 0.6) is 5.75 Å². The van der Waals surface area contributed by atoms with Crippen molar-refractivity contribution >= 4 is 5.97 Å². The van der Waals surface area contributed by atoms with Crippen LogP contribution >= 0.6 is 0 Å². The topological polar surface area (TPSA) is 59.4 Å². The van der Waals surface area contributed by atoms with E-state index in [0.717, 1.165) is 0 Å². The number of rotatable bonds is 3. The second-order valence-corrected chi connectivity index (χ2v) is 3.62. The predicted molar refractivity (Wildman–Crippen MR) is 63.1 cm³/mol. The molecule has 0 aliphatic heterocycles. The van der Waals surface area contributed by atoms with E-state index < -0.39 is 11.8 Å². The van der Waals surface area contributed by atoms with Gasteiger partial charge in [0.25, 0.3) is 0 Å². The first-order chi connectivity index (χ1) is 8.61. The monoisotopic (exact) mass is 247 g/mol. The van der Waals surface area contributed by atoms with Crippen LogP contribution in [0.1, 0.15) is 10.4 Å². The number of benzene rings is 1. The average Bonchev–Trinajstić information content (AvgIpc) is 2.38. The molecule has 1 aromatic heterocycles. The molecule has 1 N–H and O–H groups in total. The van der Waals surface area contributed by atoms with Crippen molar-refractivity contribution in [3.8, 4) is 16.9 Å². The number of aromatic carboxylic acids is 1. The molecule has 0 spiro atoms. The molecule has 0 atom stereocenters. The second kappa shape index (κ2) is 4.83. The van der Waals surface area contributed by atoms with Crippen molar-refractivity contribution in [2.24, 2.45) is 0 Å². The van der Waals surface area contributed by atoms with Crippen molar-refractivity contribution in [3.05, 3.63) is 48.0 Å². The van der Waals surface area contributed by atoms with Crippen molar-refractivity contribution in [2.75, 3.05) is 7.11 Å². The summed E-state index contributed by atoms with van der Waals surface area (Å²) < 4.78 is 18.3. The summed E-state index contributed by atoms with van der Waals surface area (Å²) >= 11 is 0. The molecule has 2 rings (SSSR count). The van der Waals surface area contributed by atoms with Crippen LogP contribution in [0, 0.1) is 5.82 Å². The zero-order valence-electron chi connectivity index (χ0n) is 9.55. The first-order valence-corrected chi connectivity index (χ1v) is 5.14. The lowest BCUT2D eigenvalue weighted by Crippen LogP contribution is -1.97. The first kappa shape index (κ1) is 12.0. The van der Waals surface area contributed by atoms with Crippen LogP contribution in [-0.4, -0.2) is 23.2 Å². The molecule has 0 unspecified atom stereocenters. The summed E-state index contributed by atoms with van der Waals surface area (Å²) in [6.45, 7) is 0. The molecular formula is C13H10FNO3. The van der Waals surface area contributed by atoms with Gasteiger partial charge in [-0.05, 0) is 23.8 Å². The molecule has 0 amide bonds. The van der Waals surface area contributed by atoms with Gasteiger partial charge >= 0.3 is 5.97 Å². The Morgan fingerprint density at radius 2 is 2.06 bits per heavy atom. The molecule has 4 nitrogen and oxygen atoms in total. The minimum Gasteiger partial charge on any atom is -0.494 e. The minimum absolute atomic E-state index is 0.0590. The van der Waals surface area contributed by atoms with Crippen LogP contribution in [0.4, 0.5) is 4.39 Å². The Kier molecular flexibility index (Phi) is 3.23. The van der Waals surface area contributed by atoms with Crippen molar-refractivity contribution in [3.63, 3.8) is 0 Å². The summed E-state index contributed by atoms with van der Waals surface area (Å²) in [4.78, 5) is 14.6. The molecule has 1 heterocycles. The zero-order valence-corrected chi connectivity index (χ0v) is 9.55. The molecule has 1 aromatic carbocycles. The number of methoxy groups -OCH3 is 1. The van der Waals surface area contributed by atoms with Gasteiger partial charge in [-0.2, -0.15) is 0 Å². The van der Waals surface area contributed by atoms with E-state index >= 15 is 0 Å². The Morgan fingerprint density at radius 3 is 2.67 bits per heavy atom. The van der Waals surface area contributed by atoms with Gasteiger partial charge in [0.15, 0.2) is 11.6 Å². The molecule has 5 heteroatoms. The van der Waals surface area contributed by atoms with Crippen molar-refractivity contribution in [1.82, 2.24) is 4.98 Å². The summed E-state index contributed by atoms with van der Waals surface area (Å²) in [5.41, 5.74) is 1.14. The van der Waals surface area contributed by atoms with Gasteiger partial charge < -0.3 is 9.84 Å². The molecule has 0 bridgehead atoms. The number of ether oxygens (including phenoxy) is 1. The maximum absolute atomic E-state index is 13.5. The van der Waals surface area contributed by atoms with Crippen LogP contribution in [0.25, 0.3) is 11.1 Å². The quantitative estimate of drug-likeness (QED) is 0.905. The fourth-order valence-corrected chi connectivity index (χ4v) is 1.56. The highest BCUT2D eigenvalue weighted by Gasteiger charge is 2.08. The van der Waals surface area contributed by atoms with Gasteiger partial charge in [0.05, 0.1) is 12.7 Å². The summed E-state index contributed by atoms with van der Waals surface area (Å²) in [5.74, 6) is -1.44. The van der Waals surface area contributed by atoms with Crippen molar-refractivity contribution in [2.45, 2.75) is 0 Å². The minimum atomic E-state index is -1.07. The SMILES string of the molecule is COc1ccc(-c2cncc(C(=O)O)c2)cc1F. The molecule has 18 heavy (non-hydrogen) atoms. The summed E-state index contributed by atoms with van der Waals surface area (Å²) in [6.07, 6.45) is 2.72. The maximum atomic E-state index is 13.5. The van der Waals surface area contributed by atoms with Gasteiger partial charge in [-0.15, -0.1) is 0 Å². The Hall–Kier alpha value is -2.43. The van der Waals surface area contributed by atoms with Gasteiger partial charge in [-0.25, -0.2) is 9.18 Å². The zero-order chi connectivity index (χ0) is 13.1. The van der Waals surface area contributed by atoms with Gasteiger partial charge in [-0.1, -0.05) is 6.07 Å². The van der Waals surface area contributed by atoms with E-state index in [2.05, 4.69) is 4.98 Å². The number of hydrogen-bond acceptors (Lipinski definition) is 3. The average molecular weight is 247 g/mol. The maximum Gasteiger partial charge on any atom is 0.337 e. The third-order valence-corrected chi connectivity index (χ3v) is 2.47. The Labute approximate surface area is 103 Å². The normalized spacial score (nSPS) is 10.1. The Bertz CT molecular complexity index is 599. The van der Waals surface area contributed by atoms with E-state index in [0.29, 0.717) is 11.1 Å². The van der Waals surface area contributed by atoms with E-state index in [4.69, 9.17) is 9.84 Å². The van der Waals surface area contributed by atoms with Crippen LogP contribution in [0.15, 0.2) is 36.7 Å². The molecule has 0 fully saturated rings. The van der Waals surface area contributed by atoms with Crippen LogP contribution in [0.3, 0.4) is 0 Å². The highest BCUT2D eigenvalue weighted by atomic mass is 19.1. The van der Waals surface area contributed by atoms with Gasteiger partial charge in [0.1, 0.15) is 0 Å². The van der Waals surface area contributed by atoms with Crippen LogP contribution < -0.4 is 4.74 Å². The molecule has 0 radical (unpaired) electrons. The summed E-state index contributed by atoms with van der Waals surface area (Å²) in [5, 5.41) is 8.86. The lowest BCUT2D eigenvalue weighted by atomic mass is 10.1. The molecular weight excluding hydrogens is 237 g/mol. The van der Waals surface area contributed by atoms with E-state index in [1.807, 2.05) is 0 Å². The number of hydrogen-bond donors (Lipinski definition) is 1. The largest absolute Gasteiger partial charge is 0.494 e. The van der Waals surface area contributed by atoms with Crippen molar-refractivity contribution in [1.29, 1.82) is 0 Å². The number of carbonyl (C=O) groups is 1. The molecule has 0 aliphatic carbocycles.